The van der Waals surface area contributed by atoms with Gasteiger partial charge in [0.2, 0.25) is 0 Å². The zero-order valence-electron chi connectivity index (χ0n) is 8.95. The van der Waals surface area contributed by atoms with Crippen molar-refractivity contribution in [3.05, 3.63) is 42.0 Å². The lowest BCUT2D eigenvalue weighted by Crippen LogP contribution is -2.05. The normalized spacial score (nSPS) is 9.47. The molecule has 3 heteroatoms. The lowest BCUT2D eigenvalue weighted by Gasteiger charge is -2.08. The minimum atomic E-state index is -0.356. The van der Waals surface area contributed by atoms with Gasteiger partial charge in [0.1, 0.15) is 5.75 Å². The number of allylic oxidation sites excluding steroid dienone is 1. The van der Waals surface area contributed by atoms with Crippen molar-refractivity contribution < 1.29 is 14.3 Å². The van der Waals surface area contributed by atoms with Crippen molar-refractivity contribution in [2.45, 2.75) is 6.42 Å². The van der Waals surface area contributed by atoms with Crippen LogP contribution in [0.15, 0.2) is 30.9 Å². The number of carbonyl (C=O) groups is 1. The van der Waals surface area contributed by atoms with Crippen LogP contribution < -0.4 is 4.74 Å². The largest absolute Gasteiger partial charge is 0.497 e. The highest BCUT2D eigenvalue weighted by atomic mass is 16.5. The number of hydrogen-bond donors (Lipinski definition) is 0. The minimum absolute atomic E-state index is 0.356. The molecule has 1 aromatic carbocycles. The van der Waals surface area contributed by atoms with E-state index in [1.165, 1.54) is 7.11 Å². The maximum atomic E-state index is 11.5. The SMILES string of the molecule is C=CCc1ccc(OC)cc1C(=O)OC. The Morgan fingerprint density at radius 3 is 2.73 bits per heavy atom. The topological polar surface area (TPSA) is 35.5 Å². The van der Waals surface area contributed by atoms with Gasteiger partial charge < -0.3 is 9.47 Å². The monoisotopic (exact) mass is 206 g/mol. The van der Waals surface area contributed by atoms with E-state index in [-0.39, 0.29) is 5.97 Å². The van der Waals surface area contributed by atoms with E-state index in [1.54, 1.807) is 19.3 Å². The Morgan fingerprint density at radius 1 is 1.47 bits per heavy atom. The second kappa shape index (κ2) is 5.20. The van der Waals surface area contributed by atoms with E-state index in [1.807, 2.05) is 12.1 Å². The fourth-order valence-electron chi connectivity index (χ4n) is 1.32. The Kier molecular flexibility index (Phi) is 3.92. The molecule has 15 heavy (non-hydrogen) atoms. The van der Waals surface area contributed by atoms with Crippen molar-refractivity contribution >= 4 is 5.97 Å². The number of carbonyl (C=O) groups excluding carboxylic acids is 1. The summed E-state index contributed by atoms with van der Waals surface area (Å²) in [4.78, 5) is 11.5. The molecule has 80 valence electrons. The van der Waals surface area contributed by atoms with Gasteiger partial charge in [-0.05, 0) is 24.1 Å². The van der Waals surface area contributed by atoms with Crippen LogP contribution in [-0.4, -0.2) is 20.2 Å². The van der Waals surface area contributed by atoms with Crippen LogP contribution in [0, 0.1) is 0 Å². The van der Waals surface area contributed by atoms with E-state index in [0.717, 1.165) is 5.56 Å². The molecule has 0 unspecified atom stereocenters. The van der Waals surface area contributed by atoms with Gasteiger partial charge in [0.15, 0.2) is 0 Å². The van der Waals surface area contributed by atoms with Crippen LogP contribution >= 0.6 is 0 Å². The average Bonchev–Trinajstić information content (AvgIpc) is 2.29. The van der Waals surface area contributed by atoms with E-state index in [4.69, 9.17) is 9.47 Å². The molecule has 0 fully saturated rings. The van der Waals surface area contributed by atoms with Gasteiger partial charge in [-0.15, -0.1) is 6.58 Å². The van der Waals surface area contributed by atoms with Gasteiger partial charge >= 0.3 is 5.97 Å². The predicted molar refractivity (Wildman–Crippen MR) is 58.2 cm³/mol. The molecular weight excluding hydrogens is 192 g/mol. The standard InChI is InChI=1S/C12H14O3/c1-4-5-9-6-7-10(14-2)8-11(9)12(13)15-3/h4,6-8H,1,5H2,2-3H3. The Labute approximate surface area is 89.3 Å². The summed E-state index contributed by atoms with van der Waals surface area (Å²) in [7, 11) is 2.92. The van der Waals surface area contributed by atoms with Crippen LogP contribution in [-0.2, 0) is 11.2 Å². The molecule has 0 spiro atoms. The number of ether oxygens (including phenoxy) is 2. The molecule has 0 heterocycles. The fraction of sp³-hybridized carbons (Fsp3) is 0.250. The van der Waals surface area contributed by atoms with Gasteiger partial charge in [0.05, 0.1) is 19.8 Å². The van der Waals surface area contributed by atoms with Gasteiger partial charge in [-0.2, -0.15) is 0 Å². The van der Waals surface area contributed by atoms with Crippen molar-refractivity contribution in [1.29, 1.82) is 0 Å². The molecule has 1 aromatic rings. The van der Waals surface area contributed by atoms with Gasteiger partial charge in [0.25, 0.3) is 0 Å². The highest BCUT2D eigenvalue weighted by Gasteiger charge is 2.11. The zero-order chi connectivity index (χ0) is 11.3. The van der Waals surface area contributed by atoms with Crippen molar-refractivity contribution in [2.75, 3.05) is 14.2 Å². The van der Waals surface area contributed by atoms with Crippen LogP contribution in [0.2, 0.25) is 0 Å². The molecule has 0 aromatic heterocycles. The first kappa shape index (κ1) is 11.3. The smallest absolute Gasteiger partial charge is 0.338 e. The van der Waals surface area contributed by atoms with Gasteiger partial charge in [-0.1, -0.05) is 12.1 Å². The van der Waals surface area contributed by atoms with Crippen LogP contribution in [0.1, 0.15) is 15.9 Å². The van der Waals surface area contributed by atoms with Crippen LogP contribution in [0.3, 0.4) is 0 Å². The summed E-state index contributed by atoms with van der Waals surface area (Å²) < 4.78 is 9.74. The van der Waals surface area contributed by atoms with Crippen molar-refractivity contribution in [2.24, 2.45) is 0 Å². The molecule has 0 saturated carbocycles. The van der Waals surface area contributed by atoms with Gasteiger partial charge in [-0.3, -0.25) is 0 Å². The van der Waals surface area contributed by atoms with E-state index in [0.29, 0.717) is 17.7 Å². The molecule has 0 N–H and O–H groups in total. The predicted octanol–water partition coefficient (Wildman–Crippen LogP) is 2.21. The Bertz CT molecular complexity index is 369. The summed E-state index contributed by atoms with van der Waals surface area (Å²) in [5.41, 5.74) is 1.41. The van der Waals surface area contributed by atoms with Crippen molar-refractivity contribution in [1.82, 2.24) is 0 Å². The molecule has 0 aliphatic carbocycles. The second-order valence-electron chi connectivity index (χ2n) is 3.01. The first-order chi connectivity index (χ1) is 7.22. The number of esters is 1. The molecule has 0 saturated heterocycles. The molecule has 0 amide bonds. The third-order valence-corrected chi connectivity index (χ3v) is 2.09. The first-order valence-electron chi connectivity index (χ1n) is 4.59. The highest BCUT2D eigenvalue weighted by Crippen LogP contribution is 2.19. The summed E-state index contributed by atoms with van der Waals surface area (Å²) in [6.07, 6.45) is 2.38. The summed E-state index contributed by atoms with van der Waals surface area (Å²) >= 11 is 0. The third kappa shape index (κ3) is 2.59. The lowest BCUT2D eigenvalue weighted by molar-refractivity contribution is 0.0599. The maximum absolute atomic E-state index is 11.5. The first-order valence-corrected chi connectivity index (χ1v) is 4.59. The molecule has 0 aliphatic heterocycles. The van der Waals surface area contributed by atoms with E-state index < -0.39 is 0 Å². The van der Waals surface area contributed by atoms with Gasteiger partial charge in [0, 0.05) is 0 Å². The summed E-state index contributed by atoms with van der Waals surface area (Å²) in [6, 6.07) is 5.32. The molecular formula is C12H14O3. The Balaban J connectivity index is 3.15. The summed E-state index contributed by atoms with van der Waals surface area (Å²) in [6.45, 7) is 3.64. The Morgan fingerprint density at radius 2 is 2.20 bits per heavy atom. The third-order valence-electron chi connectivity index (χ3n) is 2.09. The molecule has 0 radical (unpaired) electrons. The van der Waals surface area contributed by atoms with Crippen molar-refractivity contribution in [3.63, 3.8) is 0 Å². The maximum Gasteiger partial charge on any atom is 0.338 e. The van der Waals surface area contributed by atoms with Crippen LogP contribution in [0.25, 0.3) is 0 Å². The van der Waals surface area contributed by atoms with Crippen LogP contribution in [0.4, 0.5) is 0 Å². The van der Waals surface area contributed by atoms with E-state index >= 15 is 0 Å². The number of rotatable bonds is 4. The molecule has 0 atom stereocenters. The van der Waals surface area contributed by atoms with E-state index in [2.05, 4.69) is 6.58 Å². The zero-order valence-corrected chi connectivity index (χ0v) is 8.95. The number of hydrogen-bond acceptors (Lipinski definition) is 3. The van der Waals surface area contributed by atoms with Crippen molar-refractivity contribution in [3.8, 4) is 5.75 Å². The van der Waals surface area contributed by atoms with Gasteiger partial charge in [-0.25, -0.2) is 4.79 Å². The average molecular weight is 206 g/mol. The molecule has 3 nitrogen and oxygen atoms in total. The minimum Gasteiger partial charge on any atom is -0.497 e. The molecule has 0 bridgehead atoms. The van der Waals surface area contributed by atoms with E-state index in [9.17, 15) is 4.79 Å². The number of benzene rings is 1. The number of methoxy groups -OCH3 is 2. The fourth-order valence-corrected chi connectivity index (χ4v) is 1.32. The molecule has 1 rings (SSSR count). The second-order valence-corrected chi connectivity index (χ2v) is 3.01. The molecule has 0 aliphatic rings. The Hall–Kier alpha value is -1.77. The summed E-state index contributed by atoms with van der Waals surface area (Å²) in [5, 5.41) is 0. The highest BCUT2D eigenvalue weighted by molar-refractivity contribution is 5.91. The quantitative estimate of drug-likeness (QED) is 0.559. The van der Waals surface area contributed by atoms with Crippen LogP contribution in [0.5, 0.6) is 5.75 Å². The summed E-state index contributed by atoms with van der Waals surface area (Å²) in [5.74, 6) is 0.286. The lowest BCUT2D eigenvalue weighted by atomic mass is 10.0.